The third-order valence-electron chi connectivity index (χ3n) is 4.38. The maximum absolute atomic E-state index is 12.4. The number of hydrogen-bond acceptors (Lipinski definition) is 5. The second-order valence-electron chi connectivity index (χ2n) is 6.07. The summed E-state index contributed by atoms with van der Waals surface area (Å²) in [4.78, 5) is 18.6. The average molecular weight is 370 g/mol. The van der Waals surface area contributed by atoms with Gasteiger partial charge in [-0.3, -0.25) is 4.79 Å². The Labute approximate surface area is 155 Å². The van der Waals surface area contributed by atoms with Gasteiger partial charge in [0.25, 0.3) is 0 Å². The van der Waals surface area contributed by atoms with E-state index in [0.29, 0.717) is 29.7 Å². The molecule has 0 bridgehead atoms. The lowest BCUT2D eigenvalue weighted by atomic mass is 10.1. The molecule has 1 aliphatic rings. The summed E-state index contributed by atoms with van der Waals surface area (Å²) in [6.07, 6.45) is 0.336. The van der Waals surface area contributed by atoms with Gasteiger partial charge in [0.05, 0.1) is 13.0 Å². The molecule has 0 saturated carbocycles. The zero-order valence-electron chi connectivity index (χ0n) is 14.1. The van der Waals surface area contributed by atoms with E-state index in [1.54, 1.807) is 24.1 Å². The van der Waals surface area contributed by atoms with Crippen molar-refractivity contribution in [2.45, 2.75) is 12.3 Å². The fraction of sp³-hybridized carbons (Fsp3) is 0.211. The first-order valence-electron chi connectivity index (χ1n) is 8.18. The lowest BCUT2D eigenvalue weighted by molar-refractivity contribution is -0.117. The highest BCUT2D eigenvalue weighted by molar-refractivity contribution is 6.30. The van der Waals surface area contributed by atoms with Gasteiger partial charge < -0.3 is 14.2 Å². The quantitative estimate of drug-likeness (QED) is 0.697. The van der Waals surface area contributed by atoms with Crippen molar-refractivity contribution in [3.63, 3.8) is 0 Å². The SMILES string of the molecule is COc1cccc(-c2noc(C3CC(=O)N(c4ccc(Cl)cc4)C3)n2)c1. The molecule has 6 nitrogen and oxygen atoms in total. The van der Waals surface area contributed by atoms with Crippen LogP contribution < -0.4 is 9.64 Å². The summed E-state index contributed by atoms with van der Waals surface area (Å²) in [5, 5.41) is 4.69. The van der Waals surface area contributed by atoms with Crippen LogP contribution in [0.3, 0.4) is 0 Å². The summed E-state index contributed by atoms with van der Waals surface area (Å²) in [7, 11) is 1.61. The molecule has 1 fully saturated rings. The fourth-order valence-electron chi connectivity index (χ4n) is 3.02. The van der Waals surface area contributed by atoms with E-state index in [1.807, 2.05) is 36.4 Å². The van der Waals surface area contributed by atoms with Crippen molar-refractivity contribution in [2.75, 3.05) is 18.6 Å². The van der Waals surface area contributed by atoms with Gasteiger partial charge in [0.2, 0.25) is 17.6 Å². The molecule has 2 aromatic carbocycles. The highest BCUT2D eigenvalue weighted by Crippen LogP contribution is 2.32. The van der Waals surface area contributed by atoms with E-state index in [4.69, 9.17) is 20.9 Å². The number of halogens is 1. The van der Waals surface area contributed by atoms with Gasteiger partial charge in [-0.1, -0.05) is 28.9 Å². The van der Waals surface area contributed by atoms with E-state index in [1.165, 1.54) is 0 Å². The first kappa shape index (κ1) is 16.6. The monoisotopic (exact) mass is 369 g/mol. The predicted octanol–water partition coefficient (Wildman–Crippen LogP) is 3.92. The summed E-state index contributed by atoms with van der Waals surface area (Å²) in [6, 6.07) is 14.6. The number of rotatable bonds is 4. The minimum absolute atomic E-state index is 0.0263. The van der Waals surface area contributed by atoms with Gasteiger partial charge in [-0.15, -0.1) is 0 Å². The molecule has 1 aromatic heterocycles. The second kappa shape index (κ2) is 6.80. The number of anilines is 1. The van der Waals surface area contributed by atoms with Gasteiger partial charge in [0.15, 0.2) is 0 Å². The number of carbonyl (C=O) groups excluding carboxylic acids is 1. The van der Waals surface area contributed by atoms with Crippen molar-refractivity contribution in [1.29, 1.82) is 0 Å². The Bertz CT molecular complexity index is 939. The lowest BCUT2D eigenvalue weighted by Gasteiger charge is -2.15. The van der Waals surface area contributed by atoms with Crippen molar-refractivity contribution >= 4 is 23.2 Å². The van der Waals surface area contributed by atoms with Crippen molar-refractivity contribution < 1.29 is 14.1 Å². The Hall–Kier alpha value is -2.86. The van der Waals surface area contributed by atoms with Crippen molar-refractivity contribution in [1.82, 2.24) is 10.1 Å². The van der Waals surface area contributed by atoms with E-state index >= 15 is 0 Å². The van der Waals surface area contributed by atoms with Gasteiger partial charge in [-0.25, -0.2) is 0 Å². The number of benzene rings is 2. The van der Waals surface area contributed by atoms with Gasteiger partial charge in [0, 0.05) is 29.2 Å². The molecule has 1 saturated heterocycles. The third-order valence-corrected chi connectivity index (χ3v) is 4.63. The largest absolute Gasteiger partial charge is 0.497 e. The Kier molecular flexibility index (Phi) is 4.34. The number of hydrogen-bond donors (Lipinski definition) is 0. The third kappa shape index (κ3) is 3.15. The number of nitrogens with zero attached hydrogens (tertiary/aromatic N) is 3. The van der Waals surface area contributed by atoms with Crippen LogP contribution in [0, 0.1) is 0 Å². The Morgan fingerprint density at radius 3 is 2.81 bits per heavy atom. The molecule has 1 amide bonds. The summed E-state index contributed by atoms with van der Waals surface area (Å²) in [6.45, 7) is 0.500. The predicted molar refractivity (Wildman–Crippen MR) is 97.4 cm³/mol. The number of ether oxygens (including phenoxy) is 1. The van der Waals surface area contributed by atoms with E-state index in [-0.39, 0.29) is 11.8 Å². The second-order valence-corrected chi connectivity index (χ2v) is 6.51. The number of amides is 1. The molecule has 26 heavy (non-hydrogen) atoms. The first-order valence-corrected chi connectivity index (χ1v) is 8.56. The van der Waals surface area contributed by atoms with E-state index < -0.39 is 0 Å². The smallest absolute Gasteiger partial charge is 0.232 e. The van der Waals surface area contributed by atoms with Gasteiger partial charge in [-0.05, 0) is 36.4 Å². The molecule has 0 aliphatic carbocycles. The maximum atomic E-state index is 12.4. The zero-order chi connectivity index (χ0) is 18.1. The Morgan fingerprint density at radius 2 is 2.04 bits per heavy atom. The first-order chi connectivity index (χ1) is 12.6. The average Bonchev–Trinajstić information content (AvgIpc) is 3.29. The summed E-state index contributed by atoms with van der Waals surface area (Å²) in [5.74, 6) is 1.56. The molecule has 4 rings (SSSR count). The molecule has 1 aliphatic heterocycles. The van der Waals surface area contributed by atoms with Crippen LogP contribution in [0.5, 0.6) is 5.75 Å². The van der Waals surface area contributed by atoms with Crippen LogP contribution in [-0.2, 0) is 4.79 Å². The summed E-state index contributed by atoms with van der Waals surface area (Å²) in [5.41, 5.74) is 1.62. The Balaban J connectivity index is 1.54. The summed E-state index contributed by atoms with van der Waals surface area (Å²) >= 11 is 5.92. The minimum Gasteiger partial charge on any atom is -0.497 e. The molecule has 3 aromatic rings. The zero-order valence-corrected chi connectivity index (χ0v) is 14.8. The van der Waals surface area contributed by atoms with Crippen LogP contribution in [0.15, 0.2) is 53.1 Å². The highest BCUT2D eigenvalue weighted by atomic mass is 35.5. The Morgan fingerprint density at radius 1 is 1.23 bits per heavy atom. The molecule has 1 atom stereocenters. The van der Waals surface area contributed by atoms with Gasteiger partial charge in [0.1, 0.15) is 5.75 Å². The van der Waals surface area contributed by atoms with Gasteiger partial charge in [-0.2, -0.15) is 4.98 Å². The van der Waals surface area contributed by atoms with Crippen LogP contribution in [0.25, 0.3) is 11.4 Å². The normalized spacial score (nSPS) is 16.9. The van der Waals surface area contributed by atoms with Crippen molar-refractivity contribution in [3.8, 4) is 17.1 Å². The number of aromatic nitrogens is 2. The van der Waals surface area contributed by atoms with Crippen LogP contribution in [0.1, 0.15) is 18.2 Å². The molecule has 132 valence electrons. The van der Waals surface area contributed by atoms with E-state index in [2.05, 4.69) is 10.1 Å². The van der Waals surface area contributed by atoms with Crippen LogP contribution in [0.4, 0.5) is 5.69 Å². The minimum atomic E-state index is -0.134. The topological polar surface area (TPSA) is 68.5 Å². The van der Waals surface area contributed by atoms with Crippen LogP contribution in [0.2, 0.25) is 5.02 Å². The molecule has 2 heterocycles. The maximum Gasteiger partial charge on any atom is 0.232 e. The molecule has 1 unspecified atom stereocenters. The molecule has 0 radical (unpaired) electrons. The highest BCUT2D eigenvalue weighted by Gasteiger charge is 2.35. The van der Waals surface area contributed by atoms with Crippen molar-refractivity contribution in [3.05, 3.63) is 59.4 Å². The molecule has 0 spiro atoms. The molecular weight excluding hydrogens is 354 g/mol. The van der Waals surface area contributed by atoms with Crippen LogP contribution in [-0.4, -0.2) is 29.7 Å². The standard InChI is InChI=1S/C19H16ClN3O3/c1-25-16-4-2-3-12(9-16)18-21-19(26-22-18)13-10-17(24)23(11-13)15-7-5-14(20)6-8-15/h2-9,13H,10-11H2,1H3. The van der Waals surface area contributed by atoms with E-state index in [0.717, 1.165) is 17.0 Å². The number of methoxy groups -OCH3 is 1. The van der Waals surface area contributed by atoms with Crippen molar-refractivity contribution in [2.24, 2.45) is 0 Å². The van der Waals surface area contributed by atoms with Gasteiger partial charge >= 0.3 is 0 Å². The fourth-order valence-corrected chi connectivity index (χ4v) is 3.15. The molecular formula is C19H16ClN3O3. The number of carbonyl (C=O) groups is 1. The van der Waals surface area contributed by atoms with Crippen LogP contribution >= 0.6 is 11.6 Å². The lowest BCUT2D eigenvalue weighted by Crippen LogP contribution is -2.24. The summed E-state index contributed by atoms with van der Waals surface area (Å²) < 4.78 is 10.6. The van der Waals surface area contributed by atoms with E-state index in [9.17, 15) is 4.79 Å². The molecule has 0 N–H and O–H groups in total. The molecule has 7 heteroatoms.